The summed E-state index contributed by atoms with van der Waals surface area (Å²) in [4.78, 5) is 5.21. The van der Waals surface area contributed by atoms with Gasteiger partial charge >= 0.3 is 0 Å². The fourth-order valence-corrected chi connectivity index (χ4v) is 4.98. The van der Waals surface area contributed by atoms with Gasteiger partial charge in [-0.2, -0.15) is 5.11 Å². The highest BCUT2D eigenvalue weighted by molar-refractivity contribution is 6.30. The summed E-state index contributed by atoms with van der Waals surface area (Å²) in [5.41, 5.74) is 9.35. The maximum Gasteiger partial charge on any atom is 0.134 e. The highest BCUT2D eigenvalue weighted by atomic mass is 35.5. The number of halogens is 1. The molecule has 1 unspecified atom stereocenters. The second-order valence-corrected chi connectivity index (χ2v) is 8.56. The third-order valence-electron chi connectivity index (χ3n) is 6.09. The van der Waals surface area contributed by atoms with Gasteiger partial charge in [-0.05, 0) is 67.3 Å². The number of nitrogens with one attached hydrogen (secondary N) is 1. The van der Waals surface area contributed by atoms with Crippen LogP contribution in [0.15, 0.2) is 41.2 Å². The van der Waals surface area contributed by atoms with E-state index in [1.165, 1.54) is 5.56 Å². The van der Waals surface area contributed by atoms with Crippen molar-refractivity contribution in [2.75, 3.05) is 27.4 Å². The molecule has 7 heteroatoms. The van der Waals surface area contributed by atoms with Gasteiger partial charge in [0.25, 0.3) is 0 Å². The number of rotatable bonds is 7. The van der Waals surface area contributed by atoms with Crippen molar-refractivity contribution in [1.82, 2.24) is 10.4 Å². The van der Waals surface area contributed by atoms with Crippen LogP contribution in [0.5, 0.6) is 0 Å². The maximum absolute atomic E-state index is 6.41. The van der Waals surface area contributed by atoms with Crippen LogP contribution in [-0.2, 0) is 27.9 Å². The SMILES string of the molecule is C=C(NN=NC)c1c(C2(COC)CCCO2)nc2c(c1-c1cccc(Cl)c1)CCCC2. The first-order valence-corrected chi connectivity index (χ1v) is 11.2. The lowest BCUT2D eigenvalue weighted by Gasteiger charge is -2.33. The molecule has 1 atom stereocenters. The summed E-state index contributed by atoms with van der Waals surface area (Å²) < 4.78 is 12.0. The third-order valence-corrected chi connectivity index (χ3v) is 6.32. The summed E-state index contributed by atoms with van der Waals surface area (Å²) in [7, 11) is 3.33. The summed E-state index contributed by atoms with van der Waals surface area (Å²) in [6.07, 6.45) is 6.00. The van der Waals surface area contributed by atoms with Gasteiger partial charge in [-0.15, -0.1) is 0 Å². The number of aromatic nitrogens is 1. The zero-order valence-corrected chi connectivity index (χ0v) is 19.0. The molecule has 2 aromatic rings. The Kier molecular flexibility index (Phi) is 6.70. The van der Waals surface area contributed by atoms with Crippen molar-refractivity contribution < 1.29 is 9.47 Å². The van der Waals surface area contributed by atoms with E-state index in [1.807, 2.05) is 18.2 Å². The summed E-state index contributed by atoms with van der Waals surface area (Å²) >= 11 is 6.41. The molecule has 164 valence electrons. The lowest BCUT2D eigenvalue weighted by molar-refractivity contribution is -0.0592. The Hall–Kier alpha value is -2.28. The summed E-state index contributed by atoms with van der Waals surface area (Å²) in [5.74, 6) is 0. The monoisotopic (exact) mass is 440 g/mol. The Morgan fingerprint density at radius 3 is 2.87 bits per heavy atom. The predicted octanol–water partition coefficient (Wildman–Crippen LogP) is 5.49. The lowest BCUT2D eigenvalue weighted by Crippen LogP contribution is -2.34. The lowest BCUT2D eigenvalue weighted by atomic mass is 9.81. The van der Waals surface area contributed by atoms with Crippen LogP contribution in [0.4, 0.5) is 0 Å². The second-order valence-electron chi connectivity index (χ2n) is 8.12. The molecule has 4 rings (SSSR count). The van der Waals surface area contributed by atoms with Crippen LogP contribution in [0.1, 0.15) is 48.2 Å². The molecule has 0 spiro atoms. The van der Waals surface area contributed by atoms with Gasteiger partial charge in [0.1, 0.15) is 5.60 Å². The molecule has 1 aromatic heterocycles. The Labute approximate surface area is 188 Å². The van der Waals surface area contributed by atoms with Gasteiger partial charge in [0.2, 0.25) is 0 Å². The van der Waals surface area contributed by atoms with Crippen molar-refractivity contribution in [3.8, 4) is 11.1 Å². The molecular weight excluding hydrogens is 412 g/mol. The van der Waals surface area contributed by atoms with Crippen molar-refractivity contribution in [1.29, 1.82) is 0 Å². The van der Waals surface area contributed by atoms with Gasteiger partial charge < -0.3 is 9.47 Å². The molecule has 2 heterocycles. The predicted molar refractivity (Wildman–Crippen MR) is 123 cm³/mol. The molecule has 1 saturated heterocycles. The third kappa shape index (κ3) is 4.25. The zero-order valence-electron chi connectivity index (χ0n) is 18.2. The molecule has 0 amide bonds. The number of pyridine rings is 1. The Bertz CT molecular complexity index is 999. The molecule has 1 N–H and O–H groups in total. The molecule has 6 nitrogen and oxygen atoms in total. The molecule has 0 saturated carbocycles. The molecule has 2 aliphatic rings. The van der Waals surface area contributed by atoms with Crippen molar-refractivity contribution in [2.24, 2.45) is 10.3 Å². The van der Waals surface area contributed by atoms with E-state index in [9.17, 15) is 0 Å². The number of nitrogens with zero attached hydrogens (tertiary/aromatic N) is 3. The largest absolute Gasteiger partial charge is 0.381 e. The zero-order chi connectivity index (χ0) is 21.8. The summed E-state index contributed by atoms with van der Waals surface area (Å²) in [6.45, 7) is 5.43. The van der Waals surface area contributed by atoms with Crippen LogP contribution >= 0.6 is 11.6 Å². The normalized spacial score (nSPS) is 20.7. The quantitative estimate of drug-likeness (QED) is 0.456. The topological polar surface area (TPSA) is 68.1 Å². The van der Waals surface area contributed by atoms with Gasteiger partial charge in [0.15, 0.2) is 0 Å². The first kappa shape index (κ1) is 21.9. The number of hydrogen-bond donors (Lipinski definition) is 1. The Morgan fingerprint density at radius 2 is 2.16 bits per heavy atom. The first-order valence-electron chi connectivity index (χ1n) is 10.8. The van der Waals surface area contributed by atoms with Crippen LogP contribution in [0.2, 0.25) is 5.02 Å². The van der Waals surface area contributed by atoms with Crippen molar-refractivity contribution in [3.63, 3.8) is 0 Å². The molecule has 1 fully saturated rings. The van der Waals surface area contributed by atoms with Gasteiger partial charge in [-0.25, -0.2) is 0 Å². The number of hydrogen-bond acceptors (Lipinski definition) is 5. The van der Waals surface area contributed by atoms with E-state index in [-0.39, 0.29) is 0 Å². The standard InChI is InChI=1S/C24H29ClN4O2/c1-16(28-29-26-2)21-22(17-8-6-9-18(25)14-17)19-10-4-5-11-20(19)27-23(21)24(15-30-3)12-7-13-31-24/h6,8-9,14H,1,4-5,7,10-13,15H2,2-3H3,(H,26,28). The Balaban J connectivity index is 2.04. The van der Waals surface area contributed by atoms with E-state index in [0.29, 0.717) is 23.9 Å². The molecule has 31 heavy (non-hydrogen) atoms. The number of methoxy groups -OCH3 is 1. The van der Waals surface area contributed by atoms with Crippen molar-refractivity contribution in [3.05, 3.63) is 58.4 Å². The van der Waals surface area contributed by atoms with E-state index in [4.69, 9.17) is 26.1 Å². The smallest absolute Gasteiger partial charge is 0.134 e. The van der Waals surface area contributed by atoms with Crippen LogP contribution < -0.4 is 5.43 Å². The number of ether oxygens (including phenoxy) is 2. The fourth-order valence-electron chi connectivity index (χ4n) is 4.79. The highest BCUT2D eigenvalue weighted by Gasteiger charge is 2.42. The van der Waals surface area contributed by atoms with Crippen molar-refractivity contribution in [2.45, 2.75) is 44.1 Å². The van der Waals surface area contributed by atoms with Gasteiger partial charge in [-0.3, -0.25) is 10.4 Å². The first-order chi connectivity index (χ1) is 15.1. The minimum Gasteiger partial charge on any atom is -0.381 e. The molecule has 1 aromatic carbocycles. The average Bonchev–Trinajstić information content (AvgIpc) is 3.26. The highest BCUT2D eigenvalue weighted by Crippen LogP contribution is 2.45. The van der Waals surface area contributed by atoms with Crippen LogP contribution in [0.25, 0.3) is 16.8 Å². The van der Waals surface area contributed by atoms with E-state index >= 15 is 0 Å². The number of benzene rings is 1. The van der Waals surface area contributed by atoms with Crippen LogP contribution in [0.3, 0.4) is 0 Å². The van der Waals surface area contributed by atoms with E-state index in [2.05, 4.69) is 28.4 Å². The van der Waals surface area contributed by atoms with E-state index in [1.54, 1.807) is 14.2 Å². The minimum absolute atomic E-state index is 0.434. The van der Waals surface area contributed by atoms with Gasteiger partial charge in [0.05, 0.1) is 25.0 Å². The number of fused-ring (bicyclic) bond motifs is 1. The van der Waals surface area contributed by atoms with E-state index < -0.39 is 5.60 Å². The van der Waals surface area contributed by atoms with Crippen LogP contribution in [-0.4, -0.2) is 32.4 Å². The average molecular weight is 441 g/mol. The van der Waals surface area contributed by atoms with Crippen molar-refractivity contribution >= 4 is 17.3 Å². The second kappa shape index (κ2) is 9.47. The summed E-state index contributed by atoms with van der Waals surface area (Å²) in [5, 5.41) is 8.54. The van der Waals surface area contributed by atoms with Gasteiger partial charge in [-0.1, -0.05) is 35.5 Å². The molecule has 0 bridgehead atoms. The molecule has 1 aliphatic carbocycles. The minimum atomic E-state index is -0.613. The number of aryl methyl sites for hydroxylation is 1. The molecule has 0 radical (unpaired) electrons. The van der Waals surface area contributed by atoms with Crippen LogP contribution in [0, 0.1) is 0 Å². The van der Waals surface area contributed by atoms with Gasteiger partial charge in [0, 0.05) is 30.0 Å². The maximum atomic E-state index is 6.41. The molecular formula is C24H29ClN4O2. The fraction of sp³-hybridized carbons (Fsp3) is 0.458. The Morgan fingerprint density at radius 1 is 1.32 bits per heavy atom. The van der Waals surface area contributed by atoms with E-state index in [0.717, 1.165) is 66.6 Å². The molecule has 1 aliphatic heterocycles. The summed E-state index contributed by atoms with van der Waals surface area (Å²) in [6, 6.07) is 7.97.